The van der Waals surface area contributed by atoms with E-state index >= 15 is 0 Å². The molecule has 126 valence electrons. The highest BCUT2D eigenvalue weighted by Crippen LogP contribution is 2.32. The largest absolute Gasteiger partial charge is 0.506 e. The Morgan fingerprint density at radius 2 is 1.61 bits per heavy atom. The number of aromatic hydroxyl groups is 1. The zero-order valence-corrected chi connectivity index (χ0v) is 13.6. The van der Waals surface area contributed by atoms with Gasteiger partial charge in [-0.3, -0.25) is 5.32 Å². The van der Waals surface area contributed by atoms with E-state index in [2.05, 4.69) is 14.8 Å². The van der Waals surface area contributed by atoms with Gasteiger partial charge in [0.15, 0.2) is 0 Å². The number of rotatable bonds is 3. The predicted octanol–water partition coefficient (Wildman–Crippen LogP) is 2.31. The number of hydrogen-bond donors (Lipinski definition) is 2. The van der Waals surface area contributed by atoms with Crippen molar-refractivity contribution in [2.75, 3.05) is 19.5 Å². The van der Waals surface area contributed by atoms with E-state index in [4.69, 9.17) is 4.74 Å². The Balaban J connectivity index is 3.37. The second-order valence-corrected chi connectivity index (χ2v) is 5.49. The third kappa shape index (κ3) is 4.60. The van der Waals surface area contributed by atoms with E-state index in [0.717, 1.165) is 20.3 Å². The van der Waals surface area contributed by atoms with E-state index in [1.165, 1.54) is 6.07 Å². The number of amides is 1. The molecular weight excluding hydrogens is 306 g/mol. The lowest BCUT2D eigenvalue weighted by Crippen LogP contribution is -2.28. The lowest BCUT2D eigenvalue weighted by Gasteiger charge is -2.21. The third-order valence-electron chi connectivity index (χ3n) is 2.60. The Kier molecular flexibility index (Phi) is 5.56. The number of carbonyl (C=O) groups is 3. The fourth-order valence-corrected chi connectivity index (χ4v) is 1.72. The van der Waals surface area contributed by atoms with Crippen molar-refractivity contribution in [1.82, 2.24) is 0 Å². The molecule has 0 spiro atoms. The summed E-state index contributed by atoms with van der Waals surface area (Å²) >= 11 is 0. The van der Waals surface area contributed by atoms with Crippen LogP contribution in [0, 0.1) is 0 Å². The van der Waals surface area contributed by atoms with Crippen LogP contribution in [0.3, 0.4) is 0 Å². The van der Waals surface area contributed by atoms with Gasteiger partial charge in [-0.05, 0) is 32.9 Å². The lowest BCUT2D eigenvalue weighted by molar-refractivity contribution is 0.0554. The van der Waals surface area contributed by atoms with Crippen LogP contribution in [-0.4, -0.2) is 43.0 Å². The minimum atomic E-state index is -0.924. The highest BCUT2D eigenvalue weighted by molar-refractivity contribution is 6.10. The number of hydrogen-bond acceptors (Lipinski definition) is 7. The van der Waals surface area contributed by atoms with Crippen molar-refractivity contribution in [3.63, 3.8) is 0 Å². The maximum absolute atomic E-state index is 12.0. The van der Waals surface area contributed by atoms with Crippen molar-refractivity contribution in [1.29, 1.82) is 0 Å². The molecule has 0 fully saturated rings. The number of phenols is 1. The van der Waals surface area contributed by atoms with Crippen LogP contribution in [0.5, 0.6) is 5.75 Å². The maximum atomic E-state index is 12.0. The van der Waals surface area contributed by atoms with Gasteiger partial charge < -0.3 is 19.3 Å². The molecule has 1 rings (SSSR count). The summed E-state index contributed by atoms with van der Waals surface area (Å²) in [5.74, 6) is -2.17. The molecule has 0 atom stereocenters. The number of benzene rings is 1. The van der Waals surface area contributed by atoms with E-state index in [-0.39, 0.29) is 16.8 Å². The van der Waals surface area contributed by atoms with Crippen LogP contribution in [0.4, 0.5) is 10.5 Å². The number of nitrogens with one attached hydrogen (secondary N) is 1. The van der Waals surface area contributed by atoms with Crippen LogP contribution in [0.1, 0.15) is 41.5 Å². The Morgan fingerprint density at radius 1 is 1.04 bits per heavy atom. The van der Waals surface area contributed by atoms with Crippen molar-refractivity contribution in [2.24, 2.45) is 0 Å². The maximum Gasteiger partial charge on any atom is 0.412 e. The summed E-state index contributed by atoms with van der Waals surface area (Å²) < 4.78 is 14.2. The average Bonchev–Trinajstić information content (AvgIpc) is 2.45. The quantitative estimate of drug-likeness (QED) is 0.498. The van der Waals surface area contributed by atoms with Crippen molar-refractivity contribution in [3.05, 3.63) is 23.3 Å². The normalized spacial score (nSPS) is 10.7. The molecule has 0 aliphatic carbocycles. The van der Waals surface area contributed by atoms with Gasteiger partial charge >= 0.3 is 18.0 Å². The van der Waals surface area contributed by atoms with Crippen molar-refractivity contribution in [2.45, 2.75) is 26.4 Å². The van der Waals surface area contributed by atoms with Crippen LogP contribution in [0.15, 0.2) is 12.1 Å². The number of carbonyl (C=O) groups excluding carboxylic acids is 3. The number of phenolic OH excluding ortho intramolecular Hbond substituents is 1. The molecule has 0 bridgehead atoms. The molecule has 0 aliphatic rings. The van der Waals surface area contributed by atoms with Gasteiger partial charge in [-0.25, -0.2) is 14.4 Å². The molecule has 1 aromatic rings. The Bertz CT molecular complexity index is 631. The first-order valence-electron chi connectivity index (χ1n) is 6.63. The summed E-state index contributed by atoms with van der Waals surface area (Å²) in [5, 5.41) is 12.2. The van der Waals surface area contributed by atoms with Crippen molar-refractivity contribution < 1.29 is 33.7 Å². The summed E-state index contributed by atoms with van der Waals surface area (Å²) in [5.41, 5.74) is -1.58. The fourth-order valence-electron chi connectivity index (χ4n) is 1.72. The molecule has 0 aliphatic heterocycles. The van der Waals surface area contributed by atoms with Gasteiger partial charge in [0.1, 0.15) is 22.6 Å². The Labute approximate surface area is 133 Å². The molecule has 0 radical (unpaired) electrons. The number of esters is 2. The van der Waals surface area contributed by atoms with Gasteiger partial charge in [0.25, 0.3) is 0 Å². The summed E-state index contributed by atoms with van der Waals surface area (Å²) in [6.07, 6.45) is -0.903. The minimum absolute atomic E-state index is 0.164. The second kappa shape index (κ2) is 6.99. The number of anilines is 1. The highest BCUT2D eigenvalue weighted by atomic mass is 16.6. The van der Waals surface area contributed by atoms with Crippen LogP contribution in [-0.2, 0) is 14.2 Å². The molecule has 0 heterocycles. The fraction of sp³-hybridized carbons (Fsp3) is 0.400. The van der Waals surface area contributed by atoms with Gasteiger partial charge in [0.05, 0.1) is 19.8 Å². The van der Waals surface area contributed by atoms with E-state index in [1.54, 1.807) is 20.8 Å². The van der Waals surface area contributed by atoms with Crippen molar-refractivity contribution >= 4 is 23.7 Å². The monoisotopic (exact) mass is 325 g/mol. The zero-order chi connectivity index (χ0) is 17.8. The highest BCUT2D eigenvalue weighted by Gasteiger charge is 2.27. The molecule has 2 N–H and O–H groups in total. The summed E-state index contributed by atoms with van der Waals surface area (Å²) in [6, 6.07) is 2.33. The van der Waals surface area contributed by atoms with Gasteiger partial charge in [-0.15, -0.1) is 0 Å². The summed E-state index contributed by atoms with van der Waals surface area (Å²) in [6.45, 7) is 4.95. The van der Waals surface area contributed by atoms with Crippen molar-refractivity contribution in [3.8, 4) is 5.75 Å². The molecule has 0 saturated heterocycles. The molecule has 23 heavy (non-hydrogen) atoms. The Morgan fingerprint density at radius 3 is 2.09 bits per heavy atom. The molecular formula is C15H19NO7. The topological polar surface area (TPSA) is 111 Å². The zero-order valence-electron chi connectivity index (χ0n) is 13.6. The van der Waals surface area contributed by atoms with Gasteiger partial charge in [0.2, 0.25) is 0 Å². The van der Waals surface area contributed by atoms with Crippen LogP contribution < -0.4 is 5.32 Å². The summed E-state index contributed by atoms with van der Waals surface area (Å²) in [4.78, 5) is 35.6. The van der Waals surface area contributed by atoms with E-state index in [9.17, 15) is 19.5 Å². The molecule has 1 aromatic carbocycles. The van der Waals surface area contributed by atoms with Crippen LogP contribution in [0.25, 0.3) is 0 Å². The molecule has 1 amide bonds. The van der Waals surface area contributed by atoms with Gasteiger partial charge in [-0.1, -0.05) is 0 Å². The lowest BCUT2D eigenvalue weighted by atomic mass is 10.0. The average molecular weight is 325 g/mol. The first-order chi connectivity index (χ1) is 10.6. The van der Waals surface area contributed by atoms with Crippen LogP contribution in [0.2, 0.25) is 0 Å². The molecule has 8 nitrogen and oxygen atoms in total. The van der Waals surface area contributed by atoms with E-state index in [1.807, 2.05) is 0 Å². The minimum Gasteiger partial charge on any atom is -0.506 e. The van der Waals surface area contributed by atoms with Gasteiger partial charge in [0, 0.05) is 0 Å². The number of ether oxygens (including phenoxy) is 3. The van der Waals surface area contributed by atoms with E-state index in [0.29, 0.717) is 0 Å². The number of methoxy groups -OCH3 is 2. The summed E-state index contributed by atoms with van der Waals surface area (Å²) in [7, 11) is 2.24. The first-order valence-corrected chi connectivity index (χ1v) is 6.63. The Hall–Kier alpha value is -2.77. The van der Waals surface area contributed by atoms with Crippen LogP contribution >= 0.6 is 0 Å². The molecule has 0 aromatic heterocycles. The third-order valence-corrected chi connectivity index (χ3v) is 2.60. The standard InChI is InChI=1S/C15H19NO7/c1-15(2,3)23-14(20)16-11-9(17)7-6-8(12(18)21-4)10(11)13(19)22-5/h6-7,17H,1-5H3,(H,16,20). The van der Waals surface area contributed by atoms with Gasteiger partial charge in [-0.2, -0.15) is 0 Å². The smallest absolute Gasteiger partial charge is 0.412 e. The predicted molar refractivity (Wildman–Crippen MR) is 80.6 cm³/mol. The molecule has 0 saturated carbocycles. The SMILES string of the molecule is COC(=O)c1ccc(O)c(NC(=O)OC(C)(C)C)c1C(=O)OC. The van der Waals surface area contributed by atoms with E-state index < -0.39 is 29.4 Å². The second-order valence-electron chi connectivity index (χ2n) is 5.49. The molecule has 8 heteroatoms. The molecule has 0 unspecified atom stereocenters. The first kappa shape index (κ1) is 18.3.